The fourth-order valence-electron chi connectivity index (χ4n) is 4.02. The van der Waals surface area contributed by atoms with Gasteiger partial charge in [-0.15, -0.1) is 0 Å². The van der Waals surface area contributed by atoms with Crippen LogP contribution >= 0.6 is 0 Å². The summed E-state index contributed by atoms with van der Waals surface area (Å²) < 4.78 is 0. The molecule has 1 aromatic rings. The van der Waals surface area contributed by atoms with Crippen molar-refractivity contribution in [2.45, 2.75) is 65.3 Å². The van der Waals surface area contributed by atoms with Crippen LogP contribution in [0.15, 0.2) is 12.1 Å². The molecule has 1 aromatic carbocycles. The van der Waals surface area contributed by atoms with Crippen molar-refractivity contribution in [3.63, 3.8) is 0 Å². The molecule has 2 aliphatic rings. The molecule has 1 aliphatic heterocycles. The third kappa shape index (κ3) is 2.20. The van der Waals surface area contributed by atoms with Gasteiger partial charge < -0.3 is 4.90 Å². The SMILES string of the molecule is CN1Cc2cc(C(C)(C)C)cc3c2[C@H](C1)C(C)(C)CC3. The van der Waals surface area contributed by atoms with Gasteiger partial charge >= 0.3 is 0 Å². The number of nitrogens with zero attached hydrogens (tertiary/aromatic N) is 1. The molecule has 0 N–H and O–H groups in total. The van der Waals surface area contributed by atoms with Gasteiger partial charge in [-0.25, -0.2) is 0 Å². The van der Waals surface area contributed by atoms with E-state index in [1.54, 1.807) is 16.7 Å². The molecule has 0 aromatic heterocycles. The minimum absolute atomic E-state index is 0.254. The molecule has 1 nitrogen and oxygen atoms in total. The number of hydrogen-bond donors (Lipinski definition) is 0. The van der Waals surface area contributed by atoms with Crippen molar-refractivity contribution in [2.75, 3.05) is 13.6 Å². The number of hydrogen-bond acceptors (Lipinski definition) is 1. The van der Waals surface area contributed by atoms with Crippen LogP contribution in [0.5, 0.6) is 0 Å². The molecule has 1 heteroatoms. The summed E-state index contributed by atoms with van der Waals surface area (Å²) in [6.07, 6.45) is 2.59. The molecule has 0 fully saturated rings. The minimum atomic E-state index is 0.254. The van der Waals surface area contributed by atoms with Gasteiger partial charge in [-0.3, -0.25) is 0 Å². The van der Waals surface area contributed by atoms with E-state index in [1.807, 2.05) is 0 Å². The van der Waals surface area contributed by atoms with Gasteiger partial charge in [-0.05, 0) is 53.0 Å². The van der Waals surface area contributed by atoms with Gasteiger partial charge in [0.25, 0.3) is 0 Å². The molecule has 0 saturated heterocycles. The highest BCUT2D eigenvalue weighted by molar-refractivity contribution is 5.47. The van der Waals surface area contributed by atoms with Crippen LogP contribution in [0.1, 0.15) is 69.2 Å². The molecule has 0 bridgehead atoms. The van der Waals surface area contributed by atoms with Crippen molar-refractivity contribution < 1.29 is 0 Å². The minimum Gasteiger partial charge on any atom is -0.301 e. The molecule has 0 unspecified atom stereocenters. The lowest BCUT2D eigenvalue weighted by molar-refractivity contribution is 0.163. The summed E-state index contributed by atoms with van der Waals surface area (Å²) in [6.45, 7) is 14.3. The van der Waals surface area contributed by atoms with Gasteiger partial charge in [-0.2, -0.15) is 0 Å². The van der Waals surface area contributed by atoms with Crippen LogP contribution in [0.3, 0.4) is 0 Å². The average molecular weight is 271 g/mol. The molecule has 0 saturated carbocycles. The Balaban J connectivity index is 2.18. The zero-order valence-corrected chi connectivity index (χ0v) is 14.0. The molecular weight excluding hydrogens is 242 g/mol. The van der Waals surface area contributed by atoms with E-state index in [4.69, 9.17) is 0 Å². The molecule has 1 aliphatic carbocycles. The lowest BCUT2D eigenvalue weighted by Gasteiger charge is -2.46. The van der Waals surface area contributed by atoms with Crippen molar-refractivity contribution in [3.05, 3.63) is 34.4 Å². The molecule has 1 atom stereocenters. The summed E-state index contributed by atoms with van der Waals surface area (Å²) >= 11 is 0. The van der Waals surface area contributed by atoms with Crippen LogP contribution in [0, 0.1) is 5.41 Å². The second kappa shape index (κ2) is 4.34. The monoisotopic (exact) mass is 271 g/mol. The van der Waals surface area contributed by atoms with Crippen molar-refractivity contribution >= 4 is 0 Å². The Morgan fingerprint density at radius 2 is 1.80 bits per heavy atom. The second-order valence-corrected chi connectivity index (χ2v) is 8.70. The zero-order chi connectivity index (χ0) is 14.7. The number of benzene rings is 1. The summed E-state index contributed by atoms with van der Waals surface area (Å²) in [5.74, 6) is 0.717. The fourth-order valence-corrected chi connectivity index (χ4v) is 4.02. The Hall–Kier alpha value is -0.820. The maximum atomic E-state index is 2.51. The molecule has 0 radical (unpaired) electrons. The first-order valence-electron chi connectivity index (χ1n) is 8.03. The second-order valence-electron chi connectivity index (χ2n) is 8.70. The zero-order valence-electron chi connectivity index (χ0n) is 14.0. The highest BCUT2D eigenvalue weighted by Gasteiger charge is 2.40. The van der Waals surface area contributed by atoms with E-state index >= 15 is 0 Å². The van der Waals surface area contributed by atoms with E-state index in [-0.39, 0.29) is 5.41 Å². The molecule has 20 heavy (non-hydrogen) atoms. The third-order valence-corrected chi connectivity index (χ3v) is 5.48. The Kier molecular flexibility index (Phi) is 3.06. The maximum absolute atomic E-state index is 2.51. The summed E-state index contributed by atoms with van der Waals surface area (Å²) in [5, 5.41) is 0. The van der Waals surface area contributed by atoms with E-state index in [2.05, 4.69) is 58.7 Å². The largest absolute Gasteiger partial charge is 0.301 e. The van der Waals surface area contributed by atoms with Crippen molar-refractivity contribution in [1.29, 1.82) is 0 Å². The predicted octanol–water partition coefficient (Wildman–Crippen LogP) is 4.49. The summed E-state index contributed by atoms with van der Waals surface area (Å²) in [7, 11) is 2.27. The van der Waals surface area contributed by atoms with Gasteiger partial charge in [0.2, 0.25) is 0 Å². The Morgan fingerprint density at radius 3 is 2.45 bits per heavy atom. The molecule has 1 heterocycles. The first kappa shape index (κ1) is 14.1. The molecule has 3 rings (SSSR count). The Morgan fingerprint density at radius 1 is 1.15 bits per heavy atom. The van der Waals surface area contributed by atoms with Gasteiger partial charge in [0.15, 0.2) is 0 Å². The van der Waals surface area contributed by atoms with Gasteiger partial charge in [0, 0.05) is 19.0 Å². The van der Waals surface area contributed by atoms with Gasteiger partial charge in [0.1, 0.15) is 0 Å². The number of aryl methyl sites for hydroxylation is 1. The standard InChI is InChI=1S/C19H29N/c1-18(2,3)15-9-13-7-8-19(4,5)16-12-20(6)11-14(10-15)17(13)16/h9-10,16H,7-8,11-12H2,1-6H3/t16-/m0/s1. The van der Waals surface area contributed by atoms with Crippen molar-refractivity contribution in [2.24, 2.45) is 5.41 Å². The van der Waals surface area contributed by atoms with Crippen LogP contribution in [-0.2, 0) is 18.4 Å². The first-order valence-corrected chi connectivity index (χ1v) is 8.03. The molecule has 0 amide bonds. The smallest absolute Gasteiger partial charge is 0.0233 e. The first-order chi connectivity index (χ1) is 9.18. The normalized spacial score (nSPS) is 25.4. The average Bonchev–Trinajstić information content (AvgIpc) is 2.32. The van der Waals surface area contributed by atoms with E-state index in [1.165, 1.54) is 24.9 Å². The van der Waals surface area contributed by atoms with E-state index in [0.29, 0.717) is 11.3 Å². The van der Waals surface area contributed by atoms with Crippen LogP contribution < -0.4 is 0 Å². The molecule has 0 spiro atoms. The van der Waals surface area contributed by atoms with Crippen LogP contribution in [0.2, 0.25) is 0 Å². The van der Waals surface area contributed by atoms with Gasteiger partial charge in [0.05, 0.1) is 0 Å². The topological polar surface area (TPSA) is 3.24 Å². The van der Waals surface area contributed by atoms with Crippen LogP contribution in [-0.4, -0.2) is 18.5 Å². The van der Waals surface area contributed by atoms with E-state index in [0.717, 1.165) is 6.54 Å². The van der Waals surface area contributed by atoms with Crippen LogP contribution in [0.25, 0.3) is 0 Å². The van der Waals surface area contributed by atoms with Crippen molar-refractivity contribution in [3.8, 4) is 0 Å². The highest BCUT2D eigenvalue weighted by Crippen LogP contribution is 2.49. The summed E-state index contributed by atoms with van der Waals surface area (Å²) in [6, 6.07) is 5.00. The Labute approximate surface area is 124 Å². The van der Waals surface area contributed by atoms with Crippen molar-refractivity contribution in [1.82, 2.24) is 4.90 Å². The lowest BCUT2D eigenvalue weighted by Crippen LogP contribution is -2.41. The molecular formula is C19H29N. The number of likely N-dealkylation sites (N-methyl/N-ethyl adjacent to an activating group) is 1. The molecule has 110 valence electrons. The Bertz CT molecular complexity index is 533. The third-order valence-electron chi connectivity index (χ3n) is 5.48. The van der Waals surface area contributed by atoms with E-state index < -0.39 is 0 Å². The summed E-state index contributed by atoms with van der Waals surface area (Å²) in [4.78, 5) is 2.51. The van der Waals surface area contributed by atoms with Crippen LogP contribution in [0.4, 0.5) is 0 Å². The number of rotatable bonds is 0. The van der Waals surface area contributed by atoms with E-state index in [9.17, 15) is 0 Å². The highest BCUT2D eigenvalue weighted by atomic mass is 15.1. The fraction of sp³-hybridized carbons (Fsp3) is 0.684. The lowest BCUT2D eigenvalue weighted by atomic mass is 9.63. The predicted molar refractivity (Wildman–Crippen MR) is 86.3 cm³/mol. The quantitative estimate of drug-likeness (QED) is 0.672. The maximum Gasteiger partial charge on any atom is 0.0233 e. The summed E-state index contributed by atoms with van der Waals surface area (Å²) in [5.41, 5.74) is 7.15. The van der Waals surface area contributed by atoms with Gasteiger partial charge in [-0.1, -0.05) is 46.8 Å².